The molecule has 0 bridgehead atoms. The standard InChI is InChI=1S/C50H47F2N11O2/c1-26-5-9-37(39(51)15-26)43-45-50(58-29(4)23-54-45)62-48(60-43)33-19-36(65-42(21-33)34-24-56-63(25-34)35-7-8-35)17-30-6-10-38(40(52)18-30)44-46-49(57-28(3)22-55-46)61-47(59-44)32-12-14-64-41(20-32)31-11-13-53-27(2)16-31/h5-6,9-11,13,15-16,18,22-25,32-33,35-36,41-42H,7-8,12,14,17,19-21H2,1-4H3. The third kappa shape index (κ3) is 8.34. The van der Waals surface area contributed by atoms with Crippen LogP contribution in [0.5, 0.6) is 0 Å². The van der Waals surface area contributed by atoms with Crippen molar-refractivity contribution in [2.24, 2.45) is 0 Å². The molecule has 8 aromatic rings. The van der Waals surface area contributed by atoms with Crippen LogP contribution in [0.1, 0.15) is 120 Å². The van der Waals surface area contributed by atoms with Gasteiger partial charge in [0.2, 0.25) is 0 Å². The first kappa shape index (κ1) is 41.1. The topological polar surface area (TPSA) is 152 Å². The van der Waals surface area contributed by atoms with Gasteiger partial charge in [0.05, 0.1) is 41.9 Å². The quantitative estimate of drug-likeness (QED) is 0.136. The summed E-state index contributed by atoms with van der Waals surface area (Å²) in [6.07, 6.45) is 13.4. The highest BCUT2D eigenvalue weighted by Gasteiger charge is 2.36. The van der Waals surface area contributed by atoms with Crippen LogP contribution < -0.4 is 0 Å². The monoisotopic (exact) mass is 871 g/mol. The highest BCUT2D eigenvalue weighted by Crippen LogP contribution is 2.43. The molecule has 0 radical (unpaired) electrons. The fourth-order valence-corrected chi connectivity index (χ4v) is 9.38. The van der Waals surface area contributed by atoms with Gasteiger partial charge in [0.15, 0.2) is 11.3 Å². The van der Waals surface area contributed by atoms with E-state index in [0.29, 0.717) is 106 Å². The summed E-state index contributed by atoms with van der Waals surface area (Å²) < 4.78 is 47.5. The lowest BCUT2D eigenvalue weighted by Crippen LogP contribution is -2.30. The average molecular weight is 872 g/mol. The van der Waals surface area contributed by atoms with Crippen LogP contribution in [0.25, 0.3) is 44.8 Å². The SMILES string of the molecule is Cc1ccc(-c2nc(C3CC(Cc4ccc(-c5nc(C6CCOC(c7ccnc(C)c7)C6)nc6nc(C)cnc56)c(F)c4)OC(c4cnn(C5CC5)c4)C3)nc3nc(C)cnc23)c(F)c1. The molecule has 5 atom stereocenters. The Morgan fingerprint density at radius 2 is 1.31 bits per heavy atom. The Labute approximate surface area is 374 Å². The predicted molar refractivity (Wildman–Crippen MR) is 239 cm³/mol. The maximum absolute atomic E-state index is 16.8. The first-order valence-electron chi connectivity index (χ1n) is 22.4. The summed E-state index contributed by atoms with van der Waals surface area (Å²) in [7, 11) is 0. The first-order valence-corrected chi connectivity index (χ1v) is 22.4. The van der Waals surface area contributed by atoms with E-state index in [-0.39, 0.29) is 36.0 Å². The van der Waals surface area contributed by atoms with Crippen LogP contribution in [-0.4, -0.2) is 67.3 Å². The molecule has 3 fully saturated rings. The molecular weight excluding hydrogens is 825 g/mol. The number of hydrogen-bond acceptors (Lipinski definition) is 12. The van der Waals surface area contributed by atoms with Crippen molar-refractivity contribution in [2.75, 3.05) is 6.61 Å². The van der Waals surface area contributed by atoms with Crippen LogP contribution in [0.15, 0.2) is 79.5 Å². The second-order valence-corrected chi connectivity index (χ2v) is 17.9. The van der Waals surface area contributed by atoms with Gasteiger partial charge in [-0.2, -0.15) is 5.10 Å². The van der Waals surface area contributed by atoms with Gasteiger partial charge >= 0.3 is 0 Å². The van der Waals surface area contributed by atoms with Gasteiger partial charge in [-0.25, -0.2) is 48.7 Å². The number of rotatable bonds is 9. The van der Waals surface area contributed by atoms with Gasteiger partial charge in [-0.15, -0.1) is 0 Å². The Hall–Kier alpha value is -6.58. The lowest BCUT2D eigenvalue weighted by Gasteiger charge is -2.35. The zero-order valence-electron chi connectivity index (χ0n) is 36.6. The van der Waals surface area contributed by atoms with E-state index in [4.69, 9.17) is 39.4 Å². The van der Waals surface area contributed by atoms with E-state index in [0.717, 1.165) is 47.2 Å². The summed E-state index contributed by atoms with van der Waals surface area (Å²) in [6, 6.07) is 14.8. The molecular formula is C50H47F2N11O2. The van der Waals surface area contributed by atoms with E-state index in [1.54, 1.807) is 36.8 Å². The summed E-state index contributed by atoms with van der Waals surface area (Å²) in [5.74, 6) is 0.0748. The highest BCUT2D eigenvalue weighted by atomic mass is 19.1. The van der Waals surface area contributed by atoms with Crippen LogP contribution in [0, 0.1) is 39.3 Å². The number of aromatic nitrogens is 11. The van der Waals surface area contributed by atoms with Crippen LogP contribution in [0.2, 0.25) is 0 Å². The second kappa shape index (κ2) is 16.8. The van der Waals surface area contributed by atoms with Crippen molar-refractivity contribution < 1.29 is 18.3 Å². The number of pyridine rings is 1. The zero-order valence-corrected chi connectivity index (χ0v) is 36.6. The van der Waals surface area contributed by atoms with Crippen molar-refractivity contribution in [3.8, 4) is 22.5 Å². The molecule has 1 saturated carbocycles. The molecule has 0 amide bonds. The Balaban J connectivity index is 0.922. The zero-order chi connectivity index (χ0) is 44.3. The molecule has 6 aromatic heterocycles. The molecule has 15 heteroatoms. The predicted octanol–water partition coefficient (Wildman–Crippen LogP) is 9.81. The van der Waals surface area contributed by atoms with Crippen molar-refractivity contribution in [3.05, 3.63) is 142 Å². The van der Waals surface area contributed by atoms with E-state index < -0.39 is 5.82 Å². The maximum Gasteiger partial charge on any atom is 0.182 e. The van der Waals surface area contributed by atoms with Crippen molar-refractivity contribution in [3.63, 3.8) is 0 Å². The number of aryl methyl sites for hydroxylation is 4. The lowest BCUT2D eigenvalue weighted by atomic mass is 9.86. The fourth-order valence-electron chi connectivity index (χ4n) is 9.38. The molecule has 1 aliphatic carbocycles. The van der Waals surface area contributed by atoms with E-state index in [1.165, 1.54) is 6.07 Å². The van der Waals surface area contributed by atoms with Gasteiger partial charge < -0.3 is 9.47 Å². The van der Waals surface area contributed by atoms with Crippen molar-refractivity contribution >= 4 is 22.3 Å². The number of hydrogen-bond donors (Lipinski definition) is 0. The summed E-state index contributed by atoms with van der Waals surface area (Å²) in [5, 5.41) is 4.68. The molecule has 2 aromatic carbocycles. The van der Waals surface area contributed by atoms with Crippen LogP contribution in [-0.2, 0) is 15.9 Å². The minimum Gasteiger partial charge on any atom is -0.373 e. The van der Waals surface area contributed by atoms with Crippen molar-refractivity contribution in [1.82, 2.24) is 54.6 Å². The molecule has 328 valence electrons. The molecule has 2 saturated heterocycles. The Bertz CT molecular complexity index is 3120. The summed E-state index contributed by atoms with van der Waals surface area (Å²) in [6.45, 7) is 8.08. The van der Waals surface area contributed by atoms with Gasteiger partial charge in [0.25, 0.3) is 0 Å². The normalized spacial score (nSPS) is 21.3. The van der Waals surface area contributed by atoms with Crippen molar-refractivity contribution in [2.45, 2.75) is 109 Å². The van der Waals surface area contributed by atoms with Gasteiger partial charge in [-0.3, -0.25) is 9.67 Å². The Morgan fingerprint density at radius 1 is 0.631 bits per heavy atom. The van der Waals surface area contributed by atoms with E-state index >= 15 is 8.78 Å². The number of benzene rings is 2. The lowest BCUT2D eigenvalue weighted by molar-refractivity contribution is -0.0600. The number of nitrogens with zero attached hydrogens (tertiary/aromatic N) is 11. The van der Waals surface area contributed by atoms with Gasteiger partial charge in [-0.1, -0.05) is 12.1 Å². The molecule has 0 N–H and O–H groups in total. The van der Waals surface area contributed by atoms with E-state index in [1.807, 2.05) is 62.8 Å². The molecule has 8 heterocycles. The largest absolute Gasteiger partial charge is 0.373 e. The number of halogens is 2. The van der Waals surface area contributed by atoms with Gasteiger partial charge in [-0.05, 0) is 126 Å². The molecule has 0 spiro atoms. The molecule has 5 unspecified atom stereocenters. The molecule has 65 heavy (non-hydrogen) atoms. The summed E-state index contributed by atoms with van der Waals surface area (Å²) >= 11 is 0. The minimum absolute atomic E-state index is 0.0367. The fraction of sp³-hybridized carbons (Fsp3) is 0.360. The average Bonchev–Trinajstić information content (AvgIpc) is 4.03. The molecule has 13 nitrogen and oxygen atoms in total. The second-order valence-electron chi connectivity index (χ2n) is 17.9. The van der Waals surface area contributed by atoms with E-state index in [9.17, 15) is 0 Å². The number of ether oxygens (including phenoxy) is 2. The van der Waals surface area contributed by atoms with E-state index in [2.05, 4.69) is 26.2 Å². The van der Waals surface area contributed by atoms with Gasteiger partial charge in [0, 0.05) is 65.6 Å². The Kier molecular flexibility index (Phi) is 10.6. The smallest absolute Gasteiger partial charge is 0.182 e. The Morgan fingerprint density at radius 3 is 1.98 bits per heavy atom. The van der Waals surface area contributed by atoms with Crippen LogP contribution >= 0.6 is 0 Å². The van der Waals surface area contributed by atoms with Crippen molar-refractivity contribution in [1.29, 1.82) is 0 Å². The van der Waals surface area contributed by atoms with Crippen LogP contribution in [0.4, 0.5) is 8.78 Å². The summed E-state index contributed by atoms with van der Waals surface area (Å²) in [4.78, 5) is 43.1. The maximum atomic E-state index is 16.8. The molecule has 11 rings (SSSR count). The van der Waals surface area contributed by atoms with Gasteiger partial charge in [0.1, 0.15) is 45.7 Å². The third-order valence-corrected chi connectivity index (χ3v) is 12.8. The first-order chi connectivity index (χ1) is 31.6. The molecule has 2 aliphatic heterocycles. The molecule has 3 aliphatic rings. The third-order valence-electron chi connectivity index (χ3n) is 12.8. The number of fused-ring (bicyclic) bond motifs is 2. The van der Waals surface area contributed by atoms with Crippen LogP contribution in [0.3, 0.4) is 0 Å². The summed E-state index contributed by atoms with van der Waals surface area (Å²) in [5.41, 5.74) is 9.08. The highest BCUT2D eigenvalue weighted by molar-refractivity contribution is 5.88. The minimum atomic E-state index is -0.431.